The maximum Gasteiger partial charge on any atom is 0.269 e. The first-order chi connectivity index (χ1) is 9.74. The summed E-state index contributed by atoms with van der Waals surface area (Å²) >= 11 is 0. The normalized spacial score (nSPS) is 23.3. The summed E-state index contributed by atoms with van der Waals surface area (Å²) in [4.78, 5) is 12.3. The number of rotatable bonds is 5. The largest absolute Gasteiger partial charge is 0.294 e. The van der Waals surface area contributed by atoms with Crippen molar-refractivity contribution in [2.24, 2.45) is 0 Å². The molecule has 0 amide bonds. The van der Waals surface area contributed by atoms with Gasteiger partial charge in [-0.25, -0.2) is 0 Å². The number of benzene rings is 1. The molecule has 0 bridgehead atoms. The molecule has 0 radical (unpaired) electrons. The van der Waals surface area contributed by atoms with Gasteiger partial charge in [-0.2, -0.15) is 8.42 Å². The van der Waals surface area contributed by atoms with Crippen LogP contribution in [0.25, 0.3) is 0 Å². The standard InChI is InChI=1S/C13H18N2O5S/c1-10-7-13(20-21(2,18)19)9-14(10)8-11-3-5-12(6-4-11)15(16)17/h3-6,10,13H,7-9H2,1-2H3/t10-,13+/m0/s1. The number of hydrogen-bond donors (Lipinski definition) is 0. The van der Waals surface area contributed by atoms with E-state index in [-0.39, 0.29) is 17.8 Å². The summed E-state index contributed by atoms with van der Waals surface area (Å²) in [6.07, 6.45) is 1.38. The smallest absolute Gasteiger partial charge is 0.269 e. The fourth-order valence-corrected chi connectivity index (χ4v) is 3.17. The van der Waals surface area contributed by atoms with Crippen molar-refractivity contribution in [3.05, 3.63) is 39.9 Å². The van der Waals surface area contributed by atoms with Crippen LogP contribution in [0.4, 0.5) is 5.69 Å². The third-order valence-electron chi connectivity index (χ3n) is 3.51. The van der Waals surface area contributed by atoms with Crippen LogP contribution in [0, 0.1) is 10.1 Å². The summed E-state index contributed by atoms with van der Waals surface area (Å²) in [7, 11) is -3.44. The third kappa shape index (κ3) is 4.48. The Balaban J connectivity index is 1.98. The number of nitro groups is 1. The van der Waals surface area contributed by atoms with Gasteiger partial charge in [-0.15, -0.1) is 0 Å². The van der Waals surface area contributed by atoms with E-state index in [9.17, 15) is 18.5 Å². The lowest BCUT2D eigenvalue weighted by atomic mass is 10.2. The fourth-order valence-electron chi connectivity index (χ4n) is 2.54. The van der Waals surface area contributed by atoms with Crippen molar-refractivity contribution >= 4 is 15.8 Å². The third-order valence-corrected chi connectivity index (χ3v) is 4.13. The molecule has 0 spiro atoms. The van der Waals surface area contributed by atoms with Gasteiger partial charge in [0.2, 0.25) is 0 Å². The zero-order valence-corrected chi connectivity index (χ0v) is 12.7. The SMILES string of the molecule is C[C@H]1C[C@@H](OS(C)(=O)=O)CN1Cc1ccc([N+](=O)[O-])cc1. The Morgan fingerprint density at radius 3 is 2.52 bits per heavy atom. The molecular formula is C13H18N2O5S. The van der Waals surface area contributed by atoms with Gasteiger partial charge in [0.05, 0.1) is 17.3 Å². The molecule has 0 aromatic heterocycles. The Morgan fingerprint density at radius 2 is 2.00 bits per heavy atom. The molecule has 2 atom stereocenters. The molecule has 7 nitrogen and oxygen atoms in total. The summed E-state index contributed by atoms with van der Waals surface area (Å²) in [6, 6.07) is 6.58. The molecule has 0 aliphatic carbocycles. The van der Waals surface area contributed by atoms with Crippen molar-refractivity contribution in [1.82, 2.24) is 4.90 Å². The molecule has 1 saturated heterocycles. The lowest BCUT2D eigenvalue weighted by molar-refractivity contribution is -0.384. The van der Waals surface area contributed by atoms with Crippen LogP contribution in [-0.2, 0) is 20.8 Å². The van der Waals surface area contributed by atoms with Crippen molar-refractivity contribution in [2.75, 3.05) is 12.8 Å². The Hall–Kier alpha value is -1.51. The molecule has 1 aromatic carbocycles. The Morgan fingerprint density at radius 1 is 1.38 bits per heavy atom. The first kappa shape index (κ1) is 15.9. The van der Waals surface area contributed by atoms with E-state index in [1.165, 1.54) is 12.1 Å². The molecule has 1 aliphatic rings. The maximum atomic E-state index is 11.2. The Kier molecular flexibility index (Phi) is 4.60. The summed E-state index contributed by atoms with van der Waals surface area (Å²) in [5.74, 6) is 0. The number of nitrogens with zero attached hydrogens (tertiary/aromatic N) is 2. The van der Waals surface area contributed by atoms with Gasteiger partial charge >= 0.3 is 0 Å². The molecule has 0 saturated carbocycles. The fraction of sp³-hybridized carbons (Fsp3) is 0.538. The van der Waals surface area contributed by atoms with Gasteiger partial charge in [0, 0.05) is 31.3 Å². The molecule has 1 aromatic rings. The lowest BCUT2D eigenvalue weighted by Gasteiger charge is -2.20. The van der Waals surface area contributed by atoms with Crippen molar-refractivity contribution in [3.63, 3.8) is 0 Å². The van der Waals surface area contributed by atoms with E-state index in [1.54, 1.807) is 12.1 Å². The molecule has 0 N–H and O–H groups in total. The van der Waals surface area contributed by atoms with E-state index in [2.05, 4.69) is 4.90 Å². The molecular weight excluding hydrogens is 296 g/mol. The minimum absolute atomic E-state index is 0.0616. The zero-order valence-electron chi connectivity index (χ0n) is 11.9. The molecule has 8 heteroatoms. The second-order valence-electron chi connectivity index (χ2n) is 5.36. The predicted octanol–water partition coefficient (Wildman–Crippen LogP) is 1.53. The van der Waals surface area contributed by atoms with Gasteiger partial charge in [0.1, 0.15) is 0 Å². The van der Waals surface area contributed by atoms with Gasteiger partial charge in [0.15, 0.2) is 0 Å². The van der Waals surface area contributed by atoms with Gasteiger partial charge in [-0.05, 0) is 18.9 Å². The van der Waals surface area contributed by atoms with Crippen LogP contribution >= 0.6 is 0 Å². The topological polar surface area (TPSA) is 89.8 Å². The molecule has 116 valence electrons. The van der Waals surface area contributed by atoms with E-state index in [0.717, 1.165) is 11.8 Å². The van der Waals surface area contributed by atoms with Crippen molar-refractivity contribution < 1.29 is 17.5 Å². The molecule has 1 fully saturated rings. The van der Waals surface area contributed by atoms with Crippen LogP contribution in [-0.4, -0.2) is 43.2 Å². The Labute approximate surface area is 123 Å². The number of likely N-dealkylation sites (tertiary alicyclic amines) is 1. The van der Waals surface area contributed by atoms with Crippen LogP contribution in [0.15, 0.2) is 24.3 Å². The van der Waals surface area contributed by atoms with Crippen molar-refractivity contribution in [2.45, 2.75) is 32.0 Å². The first-order valence-electron chi connectivity index (χ1n) is 6.60. The van der Waals surface area contributed by atoms with E-state index in [1.807, 2.05) is 6.92 Å². The lowest BCUT2D eigenvalue weighted by Crippen LogP contribution is -2.27. The van der Waals surface area contributed by atoms with Crippen molar-refractivity contribution in [3.8, 4) is 0 Å². The molecule has 2 rings (SSSR count). The molecule has 1 aliphatic heterocycles. The number of hydrogen-bond acceptors (Lipinski definition) is 6. The number of non-ortho nitro benzene ring substituents is 1. The van der Waals surface area contributed by atoms with Crippen LogP contribution in [0.2, 0.25) is 0 Å². The van der Waals surface area contributed by atoms with E-state index in [4.69, 9.17) is 4.18 Å². The highest BCUT2D eigenvalue weighted by molar-refractivity contribution is 7.86. The van der Waals surface area contributed by atoms with Crippen LogP contribution in [0.3, 0.4) is 0 Å². The highest BCUT2D eigenvalue weighted by atomic mass is 32.2. The van der Waals surface area contributed by atoms with Gasteiger partial charge in [0.25, 0.3) is 15.8 Å². The molecule has 1 heterocycles. The minimum atomic E-state index is -3.44. The second-order valence-corrected chi connectivity index (χ2v) is 6.96. The van der Waals surface area contributed by atoms with E-state index in [0.29, 0.717) is 19.5 Å². The maximum absolute atomic E-state index is 11.2. The molecule has 0 unspecified atom stereocenters. The highest BCUT2D eigenvalue weighted by Gasteiger charge is 2.31. The first-order valence-corrected chi connectivity index (χ1v) is 8.42. The Bertz CT molecular complexity index is 614. The van der Waals surface area contributed by atoms with Crippen LogP contribution < -0.4 is 0 Å². The van der Waals surface area contributed by atoms with Gasteiger partial charge in [-0.1, -0.05) is 12.1 Å². The van der Waals surface area contributed by atoms with Gasteiger partial charge < -0.3 is 0 Å². The monoisotopic (exact) mass is 314 g/mol. The predicted molar refractivity (Wildman–Crippen MR) is 77.3 cm³/mol. The summed E-state index contributed by atoms with van der Waals surface area (Å²) in [5.41, 5.74) is 1.01. The molecule has 21 heavy (non-hydrogen) atoms. The highest BCUT2D eigenvalue weighted by Crippen LogP contribution is 2.24. The van der Waals surface area contributed by atoms with Gasteiger partial charge in [-0.3, -0.25) is 19.2 Å². The average Bonchev–Trinajstić information content (AvgIpc) is 2.67. The summed E-state index contributed by atoms with van der Waals surface area (Å²) < 4.78 is 27.3. The average molecular weight is 314 g/mol. The second kappa shape index (κ2) is 6.08. The van der Waals surface area contributed by atoms with E-state index >= 15 is 0 Å². The summed E-state index contributed by atoms with van der Waals surface area (Å²) in [6.45, 7) is 3.16. The zero-order chi connectivity index (χ0) is 15.6. The quantitative estimate of drug-likeness (QED) is 0.465. The van der Waals surface area contributed by atoms with Crippen LogP contribution in [0.5, 0.6) is 0 Å². The minimum Gasteiger partial charge on any atom is -0.294 e. The van der Waals surface area contributed by atoms with Crippen molar-refractivity contribution in [1.29, 1.82) is 0 Å². The number of nitro benzene ring substituents is 1. The summed E-state index contributed by atoms with van der Waals surface area (Å²) in [5, 5.41) is 10.6. The van der Waals surface area contributed by atoms with Crippen LogP contribution in [0.1, 0.15) is 18.9 Å². The van der Waals surface area contributed by atoms with E-state index < -0.39 is 15.0 Å².